The molecule has 1 aromatic heterocycles. The van der Waals surface area contributed by atoms with Crippen LogP contribution in [0.5, 0.6) is 0 Å². The van der Waals surface area contributed by atoms with E-state index in [1.807, 2.05) is 0 Å². The molecule has 0 unspecified atom stereocenters. The number of primary sulfonamides is 1. The first-order chi connectivity index (χ1) is 8.86. The molecule has 0 aromatic carbocycles. The van der Waals surface area contributed by atoms with E-state index >= 15 is 0 Å². The predicted molar refractivity (Wildman–Crippen MR) is 71.6 cm³/mol. The lowest BCUT2D eigenvalue weighted by atomic mass is 9.80. The van der Waals surface area contributed by atoms with Crippen LogP contribution in [0.1, 0.15) is 29.6 Å². The van der Waals surface area contributed by atoms with Gasteiger partial charge in [-0.25, -0.2) is 13.6 Å². The first-order valence-electron chi connectivity index (χ1n) is 5.81. The Labute approximate surface area is 116 Å². The fourth-order valence-corrected chi connectivity index (χ4v) is 3.54. The molecule has 3 N–H and O–H groups in total. The summed E-state index contributed by atoms with van der Waals surface area (Å²) in [6, 6.07) is 1.29. The molecule has 0 bridgehead atoms. The summed E-state index contributed by atoms with van der Waals surface area (Å²) in [7, 11) is -2.11. The first kappa shape index (κ1) is 14.4. The van der Waals surface area contributed by atoms with Crippen LogP contribution in [0.3, 0.4) is 0 Å². The minimum absolute atomic E-state index is 0.0113. The number of methoxy groups -OCH3 is 1. The molecule has 1 heterocycles. The van der Waals surface area contributed by atoms with Gasteiger partial charge in [0.15, 0.2) is 0 Å². The molecule has 1 aliphatic rings. The lowest BCUT2D eigenvalue weighted by molar-refractivity contribution is -0.0679. The van der Waals surface area contributed by atoms with Crippen LogP contribution in [0.2, 0.25) is 0 Å². The Kier molecular flexibility index (Phi) is 3.95. The molecule has 1 aliphatic carbocycles. The standard InChI is InChI=1S/C11H16N2O4S2/c1-17-11(3-2-4-11)7-13-10(14)8-5-9(18-6-8)19(12,15)16/h5-6H,2-4,7H2,1H3,(H,13,14)(H2,12,15,16). The van der Waals surface area contributed by atoms with Crippen LogP contribution < -0.4 is 10.5 Å². The summed E-state index contributed by atoms with van der Waals surface area (Å²) in [6.45, 7) is 0.433. The molecule has 0 radical (unpaired) electrons. The average molecular weight is 304 g/mol. The normalized spacial score (nSPS) is 17.8. The molecule has 1 fully saturated rings. The highest BCUT2D eigenvalue weighted by atomic mass is 32.2. The maximum atomic E-state index is 11.9. The Balaban J connectivity index is 1.99. The van der Waals surface area contributed by atoms with Gasteiger partial charge < -0.3 is 10.1 Å². The topological polar surface area (TPSA) is 98.5 Å². The summed E-state index contributed by atoms with van der Waals surface area (Å²) >= 11 is 0.939. The van der Waals surface area contributed by atoms with E-state index in [2.05, 4.69) is 5.32 Å². The van der Waals surface area contributed by atoms with Gasteiger partial charge in [0.2, 0.25) is 10.0 Å². The first-order valence-corrected chi connectivity index (χ1v) is 8.24. The Morgan fingerprint density at radius 3 is 2.68 bits per heavy atom. The summed E-state index contributed by atoms with van der Waals surface area (Å²) < 4.78 is 27.6. The van der Waals surface area contributed by atoms with Gasteiger partial charge in [0.1, 0.15) is 4.21 Å². The molecule has 1 aromatic rings. The van der Waals surface area contributed by atoms with Gasteiger partial charge >= 0.3 is 0 Å². The highest BCUT2D eigenvalue weighted by Crippen LogP contribution is 2.34. The molecule has 1 amide bonds. The molecular weight excluding hydrogens is 288 g/mol. The van der Waals surface area contributed by atoms with Crippen molar-refractivity contribution in [3.8, 4) is 0 Å². The highest BCUT2D eigenvalue weighted by molar-refractivity contribution is 7.91. The third kappa shape index (κ3) is 3.14. The van der Waals surface area contributed by atoms with E-state index < -0.39 is 10.0 Å². The van der Waals surface area contributed by atoms with E-state index in [9.17, 15) is 13.2 Å². The zero-order valence-corrected chi connectivity index (χ0v) is 12.1. The minimum Gasteiger partial charge on any atom is -0.376 e. The number of carbonyl (C=O) groups is 1. The molecule has 106 valence electrons. The number of nitrogens with one attached hydrogen (secondary N) is 1. The lowest BCUT2D eigenvalue weighted by Gasteiger charge is -2.40. The Bertz CT molecular complexity index is 570. The van der Waals surface area contributed by atoms with Crippen molar-refractivity contribution in [2.45, 2.75) is 29.1 Å². The highest BCUT2D eigenvalue weighted by Gasteiger charge is 2.37. The molecule has 2 rings (SSSR count). The van der Waals surface area contributed by atoms with Crippen molar-refractivity contribution in [3.63, 3.8) is 0 Å². The number of rotatable bonds is 5. The second kappa shape index (κ2) is 5.20. The van der Waals surface area contributed by atoms with Crippen LogP contribution in [0.15, 0.2) is 15.7 Å². The lowest BCUT2D eigenvalue weighted by Crippen LogP contribution is -2.49. The predicted octanol–water partition coefficient (Wildman–Crippen LogP) is 0.694. The minimum atomic E-state index is -3.74. The summed E-state index contributed by atoms with van der Waals surface area (Å²) in [4.78, 5) is 11.9. The van der Waals surface area contributed by atoms with Crippen molar-refractivity contribution < 1.29 is 17.9 Å². The van der Waals surface area contributed by atoms with Crippen molar-refractivity contribution >= 4 is 27.3 Å². The molecule has 0 saturated heterocycles. The molecule has 0 atom stereocenters. The largest absolute Gasteiger partial charge is 0.376 e. The van der Waals surface area contributed by atoms with E-state index in [0.717, 1.165) is 30.6 Å². The van der Waals surface area contributed by atoms with E-state index in [0.29, 0.717) is 12.1 Å². The van der Waals surface area contributed by atoms with Crippen molar-refractivity contribution in [2.24, 2.45) is 5.14 Å². The molecule has 1 saturated carbocycles. The molecule has 0 spiro atoms. The number of carbonyl (C=O) groups excluding carboxylic acids is 1. The van der Waals surface area contributed by atoms with Crippen molar-refractivity contribution in [1.82, 2.24) is 5.32 Å². The number of hydrogen-bond donors (Lipinski definition) is 2. The summed E-state index contributed by atoms with van der Waals surface area (Å²) in [6.07, 6.45) is 2.95. The van der Waals surface area contributed by atoms with E-state index in [-0.39, 0.29) is 15.7 Å². The molecule has 19 heavy (non-hydrogen) atoms. The smallest absolute Gasteiger partial charge is 0.252 e. The molecular formula is C11H16N2O4S2. The van der Waals surface area contributed by atoms with Crippen LogP contribution in [-0.2, 0) is 14.8 Å². The summed E-state index contributed by atoms with van der Waals surface area (Å²) in [5, 5.41) is 9.24. The van der Waals surface area contributed by atoms with Crippen LogP contribution in [-0.4, -0.2) is 33.6 Å². The third-order valence-electron chi connectivity index (χ3n) is 3.39. The molecule has 6 nitrogen and oxygen atoms in total. The number of sulfonamides is 1. The Hall–Kier alpha value is -0.960. The summed E-state index contributed by atoms with van der Waals surface area (Å²) in [5.41, 5.74) is 0.0497. The van der Waals surface area contributed by atoms with Gasteiger partial charge in [-0.15, -0.1) is 11.3 Å². The molecule has 0 aliphatic heterocycles. The second-order valence-electron chi connectivity index (χ2n) is 4.62. The van der Waals surface area contributed by atoms with Gasteiger partial charge in [-0.1, -0.05) is 0 Å². The van der Waals surface area contributed by atoms with Gasteiger partial charge in [-0.05, 0) is 25.3 Å². The maximum Gasteiger partial charge on any atom is 0.252 e. The van der Waals surface area contributed by atoms with Crippen molar-refractivity contribution in [2.75, 3.05) is 13.7 Å². The fraction of sp³-hybridized carbons (Fsp3) is 0.545. The van der Waals surface area contributed by atoms with E-state index in [1.54, 1.807) is 7.11 Å². The van der Waals surface area contributed by atoms with Gasteiger partial charge in [0.05, 0.1) is 11.2 Å². The second-order valence-corrected chi connectivity index (χ2v) is 7.32. The monoisotopic (exact) mass is 304 g/mol. The Morgan fingerprint density at radius 1 is 1.58 bits per heavy atom. The van der Waals surface area contributed by atoms with Crippen LogP contribution in [0.25, 0.3) is 0 Å². The maximum absolute atomic E-state index is 11.9. The number of nitrogens with two attached hydrogens (primary N) is 1. The van der Waals surface area contributed by atoms with Crippen LogP contribution in [0.4, 0.5) is 0 Å². The van der Waals surface area contributed by atoms with Crippen molar-refractivity contribution in [1.29, 1.82) is 0 Å². The zero-order valence-electron chi connectivity index (χ0n) is 10.5. The number of thiophene rings is 1. The van der Waals surface area contributed by atoms with E-state index in [1.165, 1.54) is 11.4 Å². The average Bonchev–Trinajstić information content (AvgIpc) is 2.76. The van der Waals surface area contributed by atoms with Gasteiger partial charge in [0, 0.05) is 19.0 Å². The quantitative estimate of drug-likeness (QED) is 0.836. The number of amides is 1. The fourth-order valence-electron chi connectivity index (χ4n) is 1.95. The molecule has 8 heteroatoms. The Morgan fingerprint density at radius 2 is 2.26 bits per heavy atom. The zero-order chi connectivity index (χ0) is 14.1. The number of ether oxygens (including phenoxy) is 1. The van der Waals surface area contributed by atoms with E-state index in [4.69, 9.17) is 9.88 Å². The SMILES string of the molecule is COC1(CNC(=O)c2csc(S(N)(=O)=O)c2)CCC1. The van der Waals surface area contributed by atoms with Gasteiger partial charge in [-0.3, -0.25) is 4.79 Å². The van der Waals surface area contributed by atoms with Crippen LogP contribution >= 0.6 is 11.3 Å². The number of hydrogen-bond acceptors (Lipinski definition) is 5. The van der Waals surface area contributed by atoms with Crippen molar-refractivity contribution in [3.05, 3.63) is 17.0 Å². The third-order valence-corrected chi connectivity index (χ3v) is 5.77. The van der Waals surface area contributed by atoms with Gasteiger partial charge in [0.25, 0.3) is 5.91 Å². The summed E-state index contributed by atoms with van der Waals surface area (Å²) in [5.74, 6) is -0.311. The van der Waals surface area contributed by atoms with Crippen LogP contribution in [0, 0.1) is 0 Å². The van der Waals surface area contributed by atoms with Gasteiger partial charge in [-0.2, -0.15) is 0 Å².